The van der Waals surface area contributed by atoms with Gasteiger partial charge in [-0.2, -0.15) is 0 Å². The van der Waals surface area contributed by atoms with E-state index in [1.54, 1.807) is 0 Å². The van der Waals surface area contributed by atoms with E-state index in [4.69, 9.17) is 0 Å². The molecule has 100 valence electrons. The molecule has 0 spiro atoms. The number of hydrogen-bond acceptors (Lipinski definition) is 1. The second-order valence-electron chi connectivity index (χ2n) is 6.20. The van der Waals surface area contributed by atoms with Crippen LogP contribution in [0.2, 0.25) is 0 Å². The quantitative estimate of drug-likeness (QED) is 0.841. The van der Waals surface area contributed by atoms with Gasteiger partial charge in [0.2, 0.25) is 0 Å². The lowest BCUT2D eigenvalue weighted by molar-refractivity contribution is 0.445. The van der Waals surface area contributed by atoms with Gasteiger partial charge in [0.15, 0.2) is 0 Å². The van der Waals surface area contributed by atoms with E-state index < -0.39 is 0 Å². The summed E-state index contributed by atoms with van der Waals surface area (Å²) in [6.45, 7) is 9.67. The zero-order valence-electron chi connectivity index (χ0n) is 12.3. The highest BCUT2D eigenvalue weighted by atomic mass is 14.9. The van der Waals surface area contributed by atoms with Gasteiger partial charge in [0.25, 0.3) is 0 Å². The maximum absolute atomic E-state index is 3.51. The highest BCUT2D eigenvalue weighted by Gasteiger charge is 2.07. The van der Waals surface area contributed by atoms with Crippen LogP contribution in [-0.2, 0) is 0 Å². The van der Waals surface area contributed by atoms with Gasteiger partial charge in [-0.05, 0) is 50.1 Å². The molecule has 0 aromatic heterocycles. The predicted octanol–water partition coefficient (Wildman–Crippen LogP) is 4.63. The smallest absolute Gasteiger partial charge is 0.0170 e. The van der Waals surface area contributed by atoms with Crippen LogP contribution in [0.25, 0.3) is 16.8 Å². The van der Waals surface area contributed by atoms with Gasteiger partial charge >= 0.3 is 0 Å². The molecule has 1 N–H and O–H groups in total. The van der Waals surface area contributed by atoms with Crippen molar-refractivity contribution in [3.05, 3.63) is 53.6 Å². The van der Waals surface area contributed by atoms with E-state index in [0.717, 1.165) is 6.54 Å². The average Bonchev–Trinajstić information content (AvgIpc) is 2.35. The van der Waals surface area contributed by atoms with E-state index in [0.29, 0.717) is 0 Å². The number of benzene rings is 2. The lowest BCUT2D eigenvalue weighted by Gasteiger charge is -2.20. The van der Waals surface area contributed by atoms with Crippen molar-refractivity contribution in [3.63, 3.8) is 0 Å². The third-order valence-electron chi connectivity index (χ3n) is 3.08. The summed E-state index contributed by atoms with van der Waals surface area (Å²) in [5.74, 6) is 0. The highest BCUT2D eigenvalue weighted by Crippen LogP contribution is 2.17. The minimum Gasteiger partial charge on any atom is -0.308 e. The Morgan fingerprint density at radius 3 is 2.42 bits per heavy atom. The fraction of sp³-hybridized carbons (Fsp3) is 0.333. The fourth-order valence-corrected chi connectivity index (χ4v) is 2.04. The van der Waals surface area contributed by atoms with Crippen molar-refractivity contribution in [1.29, 1.82) is 0 Å². The molecule has 0 saturated heterocycles. The molecule has 0 unspecified atom stereocenters. The molecule has 2 aromatic carbocycles. The molecular weight excluding hydrogens is 230 g/mol. The third kappa shape index (κ3) is 4.22. The molecule has 0 saturated carbocycles. The maximum atomic E-state index is 3.51. The zero-order valence-corrected chi connectivity index (χ0v) is 12.3. The summed E-state index contributed by atoms with van der Waals surface area (Å²) < 4.78 is 0. The summed E-state index contributed by atoms with van der Waals surface area (Å²) in [5, 5.41) is 6.11. The molecule has 0 atom stereocenters. The van der Waals surface area contributed by atoms with Crippen LogP contribution in [0.1, 0.15) is 33.3 Å². The molecule has 0 amide bonds. The Hall–Kier alpha value is -1.60. The standard InChI is InChI=1S/C18H23N/c1-14(13-19-18(2,3)4)11-15-9-10-16-7-5-6-8-17(16)12-15/h5-12,19H,13H2,1-4H3. The van der Waals surface area contributed by atoms with Crippen LogP contribution in [0.15, 0.2) is 48.0 Å². The first-order valence-electron chi connectivity index (χ1n) is 6.85. The lowest BCUT2D eigenvalue weighted by Crippen LogP contribution is -2.36. The first-order chi connectivity index (χ1) is 8.94. The molecule has 2 rings (SSSR count). The Morgan fingerprint density at radius 1 is 1.05 bits per heavy atom. The molecule has 0 aliphatic heterocycles. The van der Waals surface area contributed by atoms with Gasteiger partial charge in [-0.1, -0.05) is 48.0 Å². The van der Waals surface area contributed by atoms with Gasteiger partial charge in [-0.3, -0.25) is 0 Å². The van der Waals surface area contributed by atoms with Crippen molar-refractivity contribution >= 4 is 16.8 Å². The number of rotatable bonds is 3. The summed E-state index contributed by atoms with van der Waals surface area (Å²) in [6.07, 6.45) is 2.26. The third-order valence-corrected chi connectivity index (χ3v) is 3.08. The van der Waals surface area contributed by atoms with Crippen molar-refractivity contribution in [2.24, 2.45) is 0 Å². The van der Waals surface area contributed by atoms with Crippen LogP contribution in [0.4, 0.5) is 0 Å². The molecule has 0 aliphatic rings. The van der Waals surface area contributed by atoms with E-state index >= 15 is 0 Å². The van der Waals surface area contributed by atoms with Gasteiger partial charge in [0.05, 0.1) is 0 Å². The SMILES string of the molecule is CC(=Cc1ccc2ccccc2c1)CNC(C)(C)C. The van der Waals surface area contributed by atoms with Gasteiger partial charge in [0.1, 0.15) is 0 Å². The minimum atomic E-state index is 0.165. The topological polar surface area (TPSA) is 12.0 Å². The summed E-state index contributed by atoms with van der Waals surface area (Å²) in [6, 6.07) is 15.1. The molecule has 0 fully saturated rings. The largest absolute Gasteiger partial charge is 0.308 e. The van der Waals surface area contributed by atoms with Crippen molar-refractivity contribution in [1.82, 2.24) is 5.32 Å². The predicted molar refractivity (Wildman–Crippen MR) is 85.4 cm³/mol. The molecule has 0 radical (unpaired) electrons. The zero-order chi connectivity index (χ0) is 13.9. The van der Waals surface area contributed by atoms with Crippen LogP contribution < -0.4 is 5.32 Å². The Kier molecular flexibility index (Phi) is 4.06. The second kappa shape index (κ2) is 5.58. The van der Waals surface area contributed by atoms with Crippen molar-refractivity contribution < 1.29 is 0 Å². The van der Waals surface area contributed by atoms with Crippen molar-refractivity contribution in [3.8, 4) is 0 Å². The molecular formula is C18H23N. The molecule has 1 heteroatoms. The Bertz CT molecular complexity index is 588. The Balaban J connectivity index is 2.15. The first kappa shape index (κ1) is 13.8. The molecule has 0 aliphatic carbocycles. The monoisotopic (exact) mass is 253 g/mol. The van der Waals surface area contributed by atoms with Crippen LogP contribution in [0.5, 0.6) is 0 Å². The summed E-state index contributed by atoms with van der Waals surface area (Å²) in [4.78, 5) is 0. The van der Waals surface area contributed by atoms with E-state index in [2.05, 4.69) is 81.6 Å². The second-order valence-corrected chi connectivity index (χ2v) is 6.20. The fourth-order valence-electron chi connectivity index (χ4n) is 2.04. The molecule has 1 nitrogen and oxygen atoms in total. The Labute approximate surface area is 116 Å². The van der Waals surface area contributed by atoms with Crippen molar-refractivity contribution in [2.45, 2.75) is 33.2 Å². The van der Waals surface area contributed by atoms with E-state index in [1.165, 1.54) is 21.9 Å². The lowest BCUT2D eigenvalue weighted by atomic mass is 10.0. The van der Waals surface area contributed by atoms with Gasteiger partial charge in [-0.15, -0.1) is 0 Å². The maximum Gasteiger partial charge on any atom is 0.0170 e. The summed E-state index contributed by atoms with van der Waals surface area (Å²) in [5.41, 5.74) is 2.79. The summed E-state index contributed by atoms with van der Waals surface area (Å²) in [7, 11) is 0. The molecule has 0 heterocycles. The van der Waals surface area contributed by atoms with Crippen LogP contribution >= 0.6 is 0 Å². The molecule has 2 aromatic rings. The number of fused-ring (bicyclic) bond motifs is 1. The Morgan fingerprint density at radius 2 is 1.74 bits per heavy atom. The molecule has 0 bridgehead atoms. The van der Waals surface area contributed by atoms with E-state index in [1.807, 2.05) is 0 Å². The van der Waals surface area contributed by atoms with Crippen LogP contribution in [0.3, 0.4) is 0 Å². The van der Waals surface area contributed by atoms with Crippen LogP contribution in [0, 0.1) is 0 Å². The van der Waals surface area contributed by atoms with Gasteiger partial charge in [-0.25, -0.2) is 0 Å². The first-order valence-corrected chi connectivity index (χ1v) is 6.85. The van der Waals surface area contributed by atoms with Gasteiger partial charge in [0, 0.05) is 12.1 Å². The van der Waals surface area contributed by atoms with E-state index in [-0.39, 0.29) is 5.54 Å². The van der Waals surface area contributed by atoms with Gasteiger partial charge < -0.3 is 5.32 Å². The summed E-state index contributed by atoms with van der Waals surface area (Å²) >= 11 is 0. The average molecular weight is 253 g/mol. The normalized spacial score (nSPS) is 12.9. The number of hydrogen-bond donors (Lipinski definition) is 1. The van der Waals surface area contributed by atoms with Crippen molar-refractivity contribution in [2.75, 3.05) is 6.54 Å². The highest BCUT2D eigenvalue weighted by molar-refractivity contribution is 5.84. The van der Waals surface area contributed by atoms with E-state index in [9.17, 15) is 0 Å². The molecule has 19 heavy (non-hydrogen) atoms. The minimum absolute atomic E-state index is 0.165. The number of nitrogens with one attached hydrogen (secondary N) is 1. The van der Waals surface area contributed by atoms with Crippen LogP contribution in [-0.4, -0.2) is 12.1 Å².